The van der Waals surface area contributed by atoms with Gasteiger partial charge in [0.1, 0.15) is 11.5 Å². The fourth-order valence-electron chi connectivity index (χ4n) is 2.69. The Labute approximate surface area is 170 Å². The van der Waals surface area contributed by atoms with Crippen molar-refractivity contribution in [2.75, 3.05) is 47.4 Å². The standard InChI is InChI=1S/C21H24ClNO5/c1-23(2)16-10-13(7-8-17(16)25-3)21(24)15(22)9-14-11-19(27-5)20(28-6)12-18(14)26-4/h7-12H,1-6H3. The summed E-state index contributed by atoms with van der Waals surface area (Å²) in [5.74, 6) is 1.88. The van der Waals surface area contributed by atoms with Gasteiger partial charge in [-0.25, -0.2) is 0 Å². The maximum Gasteiger partial charge on any atom is 0.204 e. The highest BCUT2D eigenvalue weighted by Crippen LogP contribution is 2.36. The summed E-state index contributed by atoms with van der Waals surface area (Å²) in [5.41, 5.74) is 1.83. The van der Waals surface area contributed by atoms with Crippen LogP contribution in [0.2, 0.25) is 0 Å². The fourth-order valence-corrected chi connectivity index (χ4v) is 2.91. The van der Waals surface area contributed by atoms with Crippen LogP contribution in [0, 0.1) is 0 Å². The van der Waals surface area contributed by atoms with E-state index in [-0.39, 0.29) is 10.8 Å². The third-order valence-electron chi connectivity index (χ3n) is 4.16. The average molecular weight is 406 g/mol. The topological polar surface area (TPSA) is 57.2 Å². The molecule has 0 bridgehead atoms. The summed E-state index contributed by atoms with van der Waals surface area (Å²) < 4.78 is 21.3. The molecule has 0 spiro atoms. The van der Waals surface area contributed by atoms with Crippen molar-refractivity contribution in [2.45, 2.75) is 0 Å². The molecule has 7 heteroatoms. The van der Waals surface area contributed by atoms with Gasteiger partial charge in [0.15, 0.2) is 11.5 Å². The summed E-state index contributed by atoms with van der Waals surface area (Å²) in [6, 6.07) is 8.53. The predicted octanol–water partition coefficient (Wildman–Crippen LogP) is 4.25. The molecular formula is C21H24ClNO5. The fraction of sp³-hybridized carbons (Fsp3) is 0.286. The van der Waals surface area contributed by atoms with Crippen molar-refractivity contribution in [3.05, 3.63) is 46.5 Å². The van der Waals surface area contributed by atoms with Crippen LogP contribution in [0.3, 0.4) is 0 Å². The molecule has 0 amide bonds. The molecule has 0 saturated carbocycles. The van der Waals surface area contributed by atoms with Gasteiger partial charge in [-0.3, -0.25) is 4.79 Å². The van der Waals surface area contributed by atoms with Crippen molar-refractivity contribution in [3.63, 3.8) is 0 Å². The molecule has 0 heterocycles. The number of nitrogens with zero attached hydrogens (tertiary/aromatic N) is 1. The molecule has 2 aromatic carbocycles. The van der Waals surface area contributed by atoms with Gasteiger partial charge in [-0.15, -0.1) is 0 Å². The minimum atomic E-state index is -0.316. The second-order valence-electron chi connectivity index (χ2n) is 6.05. The Kier molecular flexibility index (Phi) is 7.18. The maximum atomic E-state index is 12.8. The van der Waals surface area contributed by atoms with Crippen molar-refractivity contribution in [1.82, 2.24) is 0 Å². The zero-order valence-corrected chi connectivity index (χ0v) is 17.6. The number of anilines is 1. The van der Waals surface area contributed by atoms with E-state index in [2.05, 4.69) is 0 Å². The number of hydrogen-bond donors (Lipinski definition) is 0. The van der Waals surface area contributed by atoms with Crippen molar-refractivity contribution in [1.29, 1.82) is 0 Å². The van der Waals surface area contributed by atoms with E-state index >= 15 is 0 Å². The number of hydrogen-bond acceptors (Lipinski definition) is 6. The van der Waals surface area contributed by atoms with E-state index in [4.69, 9.17) is 30.5 Å². The number of carbonyl (C=O) groups excluding carboxylic acids is 1. The lowest BCUT2D eigenvalue weighted by Gasteiger charge is -2.17. The van der Waals surface area contributed by atoms with E-state index in [1.807, 2.05) is 19.0 Å². The first-order valence-corrected chi connectivity index (χ1v) is 8.81. The third-order valence-corrected chi connectivity index (χ3v) is 4.44. The molecule has 0 radical (unpaired) electrons. The normalized spacial score (nSPS) is 11.0. The average Bonchev–Trinajstić information content (AvgIpc) is 2.71. The summed E-state index contributed by atoms with van der Waals surface area (Å²) >= 11 is 6.34. The molecule has 0 aliphatic carbocycles. The van der Waals surface area contributed by atoms with Gasteiger partial charge in [-0.05, 0) is 30.3 Å². The molecule has 0 aromatic heterocycles. The minimum Gasteiger partial charge on any atom is -0.496 e. The van der Waals surface area contributed by atoms with E-state index in [1.165, 1.54) is 21.3 Å². The molecule has 0 unspecified atom stereocenters. The van der Waals surface area contributed by atoms with Gasteiger partial charge in [-0.1, -0.05) is 11.6 Å². The van der Waals surface area contributed by atoms with Gasteiger partial charge in [0.2, 0.25) is 5.78 Å². The molecule has 0 atom stereocenters. The number of methoxy groups -OCH3 is 4. The first kappa shape index (κ1) is 21.4. The largest absolute Gasteiger partial charge is 0.496 e. The molecule has 2 rings (SSSR count). The van der Waals surface area contributed by atoms with E-state index in [1.54, 1.807) is 43.5 Å². The Balaban J connectivity index is 2.45. The lowest BCUT2D eigenvalue weighted by Crippen LogP contribution is -2.11. The van der Waals surface area contributed by atoms with Crippen LogP contribution in [0.25, 0.3) is 6.08 Å². The number of benzene rings is 2. The van der Waals surface area contributed by atoms with Gasteiger partial charge in [0.25, 0.3) is 0 Å². The summed E-state index contributed by atoms with van der Waals surface area (Å²) in [5, 5.41) is 0.0420. The van der Waals surface area contributed by atoms with Gasteiger partial charge in [0.05, 0.1) is 39.2 Å². The predicted molar refractivity (Wildman–Crippen MR) is 112 cm³/mol. The van der Waals surface area contributed by atoms with Crippen LogP contribution in [0.4, 0.5) is 5.69 Å². The van der Waals surface area contributed by atoms with Crippen LogP contribution < -0.4 is 23.8 Å². The third kappa shape index (κ3) is 4.51. The highest BCUT2D eigenvalue weighted by Gasteiger charge is 2.16. The Morgan fingerprint density at radius 1 is 0.857 bits per heavy atom. The van der Waals surface area contributed by atoms with Crippen molar-refractivity contribution in [2.24, 2.45) is 0 Å². The van der Waals surface area contributed by atoms with Crippen molar-refractivity contribution >= 4 is 29.1 Å². The molecule has 0 N–H and O–H groups in total. The number of carbonyl (C=O) groups is 1. The van der Waals surface area contributed by atoms with Crippen LogP contribution >= 0.6 is 11.6 Å². The number of rotatable bonds is 8. The summed E-state index contributed by atoms with van der Waals surface area (Å²) in [6.45, 7) is 0. The SMILES string of the molecule is COc1cc(OC)c(OC)cc1C=C(Cl)C(=O)c1ccc(OC)c(N(C)C)c1. The molecule has 28 heavy (non-hydrogen) atoms. The molecule has 0 saturated heterocycles. The second-order valence-corrected chi connectivity index (χ2v) is 6.46. The Morgan fingerprint density at radius 3 is 1.96 bits per heavy atom. The zero-order valence-electron chi connectivity index (χ0n) is 16.8. The molecule has 150 valence electrons. The van der Waals surface area contributed by atoms with Gasteiger partial charge >= 0.3 is 0 Å². The van der Waals surface area contributed by atoms with Gasteiger partial charge < -0.3 is 23.8 Å². The molecule has 0 fully saturated rings. The first-order valence-electron chi connectivity index (χ1n) is 8.43. The second kappa shape index (κ2) is 9.37. The Hall–Kier alpha value is -2.86. The molecule has 6 nitrogen and oxygen atoms in total. The van der Waals surface area contributed by atoms with Crippen LogP contribution in [-0.2, 0) is 0 Å². The van der Waals surface area contributed by atoms with Crippen molar-refractivity contribution in [3.8, 4) is 23.0 Å². The van der Waals surface area contributed by atoms with Crippen LogP contribution in [0.15, 0.2) is 35.4 Å². The molecule has 2 aromatic rings. The number of halogens is 1. The van der Waals surface area contributed by atoms with Crippen molar-refractivity contribution < 1.29 is 23.7 Å². The lowest BCUT2D eigenvalue weighted by atomic mass is 10.1. The number of ether oxygens (including phenoxy) is 4. The van der Waals surface area contributed by atoms with E-state index in [0.717, 1.165) is 5.69 Å². The van der Waals surface area contributed by atoms with E-state index in [0.29, 0.717) is 34.1 Å². The minimum absolute atomic E-state index is 0.0420. The number of Topliss-reactive ketones (excluding diaryl/α,β-unsaturated/α-hetero) is 1. The molecular weight excluding hydrogens is 382 g/mol. The highest BCUT2D eigenvalue weighted by molar-refractivity contribution is 6.47. The Morgan fingerprint density at radius 2 is 1.43 bits per heavy atom. The smallest absolute Gasteiger partial charge is 0.204 e. The highest BCUT2D eigenvalue weighted by atomic mass is 35.5. The quantitative estimate of drug-likeness (QED) is 0.483. The Bertz CT molecular complexity index is 893. The van der Waals surface area contributed by atoms with Gasteiger partial charge in [-0.2, -0.15) is 0 Å². The van der Waals surface area contributed by atoms with E-state index < -0.39 is 0 Å². The number of allylic oxidation sites excluding steroid dienone is 1. The summed E-state index contributed by atoms with van der Waals surface area (Å²) in [4.78, 5) is 14.7. The van der Waals surface area contributed by atoms with Gasteiger partial charge in [0, 0.05) is 31.3 Å². The zero-order chi connectivity index (χ0) is 20.8. The maximum absolute atomic E-state index is 12.8. The summed E-state index contributed by atoms with van der Waals surface area (Å²) in [7, 11) is 9.93. The molecule has 0 aliphatic rings. The van der Waals surface area contributed by atoms with Crippen LogP contribution in [0.1, 0.15) is 15.9 Å². The van der Waals surface area contributed by atoms with Crippen LogP contribution in [-0.4, -0.2) is 48.3 Å². The molecule has 0 aliphatic heterocycles. The summed E-state index contributed by atoms with van der Waals surface area (Å²) in [6.07, 6.45) is 1.55. The first-order chi connectivity index (χ1) is 13.4. The van der Waals surface area contributed by atoms with E-state index in [9.17, 15) is 4.79 Å². The number of ketones is 1. The van der Waals surface area contributed by atoms with Crippen LogP contribution in [0.5, 0.6) is 23.0 Å². The monoisotopic (exact) mass is 405 g/mol. The lowest BCUT2D eigenvalue weighted by molar-refractivity contribution is 0.104.